The molecule has 6 heteroatoms. The van der Waals surface area contributed by atoms with Gasteiger partial charge in [0.2, 0.25) is 5.91 Å². The maximum atomic E-state index is 12.2. The molecule has 0 aliphatic carbocycles. The molecule has 0 saturated carbocycles. The molecule has 1 aliphatic heterocycles. The third-order valence-electron chi connectivity index (χ3n) is 3.05. The Morgan fingerprint density at radius 1 is 1.15 bits per heavy atom. The molecular formula is C14H25BrN2O3. The molecule has 5 nitrogen and oxygen atoms in total. The highest BCUT2D eigenvalue weighted by molar-refractivity contribution is 9.10. The van der Waals surface area contributed by atoms with E-state index in [9.17, 15) is 9.59 Å². The quantitative estimate of drug-likeness (QED) is 0.684. The Balaban J connectivity index is 2.65. The Hall–Kier alpha value is -0.780. The van der Waals surface area contributed by atoms with E-state index in [-0.39, 0.29) is 18.0 Å². The fraction of sp³-hybridized carbons (Fsp3) is 0.857. The average molecular weight is 349 g/mol. The van der Waals surface area contributed by atoms with Crippen molar-refractivity contribution in [1.82, 2.24) is 9.80 Å². The SMILES string of the molecule is C[C@H]1CN(C(=O)C(C)(C)Br)CCN1C(=O)OC(C)(C)C. The van der Waals surface area contributed by atoms with Crippen LogP contribution in [0.2, 0.25) is 0 Å². The van der Waals surface area contributed by atoms with Crippen LogP contribution in [0.15, 0.2) is 0 Å². The number of rotatable bonds is 1. The van der Waals surface area contributed by atoms with Crippen LogP contribution in [0.4, 0.5) is 4.79 Å². The normalized spacial score (nSPS) is 20.9. The second kappa shape index (κ2) is 5.92. The Bertz CT molecular complexity index is 385. The molecule has 1 atom stereocenters. The van der Waals surface area contributed by atoms with Crippen LogP contribution < -0.4 is 0 Å². The summed E-state index contributed by atoms with van der Waals surface area (Å²) in [6, 6.07) is -0.0441. The molecule has 1 rings (SSSR count). The number of hydrogen-bond acceptors (Lipinski definition) is 3. The topological polar surface area (TPSA) is 49.9 Å². The first-order valence-corrected chi connectivity index (χ1v) is 7.69. The lowest BCUT2D eigenvalue weighted by Gasteiger charge is -2.41. The molecule has 1 aliphatic rings. The van der Waals surface area contributed by atoms with Gasteiger partial charge in [-0.25, -0.2) is 4.79 Å². The monoisotopic (exact) mass is 348 g/mol. The van der Waals surface area contributed by atoms with Gasteiger partial charge >= 0.3 is 6.09 Å². The molecule has 1 fully saturated rings. The first-order valence-electron chi connectivity index (χ1n) is 6.90. The minimum atomic E-state index is -0.569. The summed E-state index contributed by atoms with van der Waals surface area (Å²) in [6.07, 6.45) is -0.310. The van der Waals surface area contributed by atoms with Gasteiger partial charge in [0.25, 0.3) is 0 Å². The third-order valence-corrected chi connectivity index (χ3v) is 3.39. The van der Waals surface area contributed by atoms with Crippen LogP contribution in [0.1, 0.15) is 41.5 Å². The van der Waals surface area contributed by atoms with E-state index in [0.717, 1.165) is 0 Å². The maximum Gasteiger partial charge on any atom is 0.410 e. The van der Waals surface area contributed by atoms with Gasteiger partial charge in [-0.1, -0.05) is 15.9 Å². The van der Waals surface area contributed by atoms with Crippen LogP contribution in [0.3, 0.4) is 0 Å². The van der Waals surface area contributed by atoms with Gasteiger partial charge in [-0.2, -0.15) is 0 Å². The number of ether oxygens (including phenoxy) is 1. The zero-order valence-electron chi connectivity index (χ0n) is 13.2. The van der Waals surface area contributed by atoms with Crippen molar-refractivity contribution >= 4 is 27.9 Å². The number of halogens is 1. The van der Waals surface area contributed by atoms with E-state index in [1.165, 1.54) is 0 Å². The van der Waals surface area contributed by atoms with E-state index in [1.807, 2.05) is 41.5 Å². The lowest BCUT2D eigenvalue weighted by atomic mass is 10.1. The van der Waals surface area contributed by atoms with Gasteiger partial charge in [0.1, 0.15) is 5.60 Å². The maximum absolute atomic E-state index is 12.2. The van der Waals surface area contributed by atoms with E-state index in [1.54, 1.807) is 9.80 Å². The van der Waals surface area contributed by atoms with Crippen molar-refractivity contribution in [2.24, 2.45) is 0 Å². The lowest BCUT2D eigenvalue weighted by molar-refractivity contribution is -0.135. The molecule has 0 radical (unpaired) electrons. The molecule has 0 aromatic carbocycles. The predicted molar refractivity (Wildman–Crippen MR) is 82.0 cm³/mol. The van der Waals surface area contributed by atoms with Crippen molar-refractivity contribution in [3.63, 3.8) is 0 Å². The number of hydrogen-bond donors (Lipinski definition) is 0. The molecule has 20 heavy (non-hydrogen) atoms. The minimum absolute atomic E-state index is 0.0441. The van der Waals surface area contributed by atoms with Gasteiger partial charge in [-0.3, -0.25) is 4.79 Å². The smallest absolute Gasteiger partial charge is 0.410 e. The highest BCUT2D eigenvalue weighted by atomic mass is 79.9. The largest absolute Gasteiger partial charge is 0.444 e. The minimum Gasteiger partial charge on any atom is -0.444 e. The fourth-order valence-corrected chi connectivity index (χ4v) is 2.36. The molecule has 116 valence electrons. The van der Waals surface area contributed by atoms with E-state index in [2.05, 4.69) is 15.9 Å². The number of carbonyl (C=O) groups is 2. The molecule has 1 heterocycles. The second-order valence-corrected chi connectivity index (χ2v) is 8.73. The summed E-state index contributed by atoms with van der Waals surface area (Å²) in [5.74, 6) is 0.0492. The number of carbonyl (C=O) groups excluding carboxylic acids is 2. The van der Waals surface area contributed by atoms with Crippen LogP contribution in [0.5, 0.6) is 0 Å². The summed E-state index contributed by atoms with van der Waals surface area (Å²) >= 11 is 3.39. The van der Waals surface area contributed by atoms with Crippen molar-refractivity contribution in [1.29, 1.82) is 0 Å². The van der Waals surface area contributed by atoms with Gasteiger partial charge in [0.15, 0.2) is 0 Å². The standard InChI is InChI=1S/C14H25BrN2O3/c1-10-9-16(11(18)14(5,6)15)7-8-17(10)12(19)20-13(2,3)4/h10H,7-9H2,1-6H3/t10-/m0/s1. The van der Waals surface area contributed by atoms with Gasteiger partial charge < -0.3 is 14.5 Å². The molecule has 0 unspecified atom stereocenters. The van der Waals surface area contributed by atoms with Crippen LogP contribution in [0, 0.1) is 0 Å². The van der Waals surface area contributed by atoms with Gasteiger partial charge in [-0.05, 0) is 41.5 Å². The summed E-state index contributed by atoms with van der Waals surface area (Å²) < 4.78 is 4.82. The Morgan fingerprint density at radius 2 is 1.70 bits per heavy atom. The zero-order valence-corrected chi connectivity index (χ0v) is 14.8. The van der Waals surface area contributed by atoms with Crippen LogP contribution >= 0.6 is 15.9 Å². The molecule has 0 aromatic heterocycles. The summed E-state index contributed by atoms with van der Waals surface area (Å²) in [4.78, 5) is 27.8. The van der Waals surface area contributed by atoms with Crippen molar-refractivity contribution in [3.8, 4) is 0 Å². The first kappa shape index (κ1) is 17.3. The highest BCUT2D eigenvalue weighted by Crippen LogP contribution is 2.22. The summed E-state index contributed by atoms with van der Waals surface area (Å²) in [5, 5.41) is 0. The first-order chi connectivity index (χ1) is 8.92. The van der Waals surface area contributed by atoms with Crippen molar-refractivity contribution in [3.05, 3.63) is 0 Å². The third kappa shape index (κ3) is 4.65. The molecule has 0 N–H and O–H groups in total. The van der Waals surface area contributed by atoms with Crippen molar-refractivity contribution < 1.29 is 14.3 Å². The van der Waals surface area contributed by atoms with E-state index >= 15 is 0 Å². The summed E-state index contributed by atoms with van der Waals surface area (Å²) in [7, 11) is 0. The number of nitrogens with zero attached hydrogens (tertiary/aromatic N) is 2. The molecular weight excluding hydrogens is 324 g/mol. The number of piperazine rings is 1. The Labute approximate surface area is 129 Å². The lowest BCUT2D eigenvalue weighted by Crippen LogP contribution is -2.58. The second-order valence-electron chi connectivity index (χ2n) is 6.75. The molecule has 1 saturated heterocycles. The summed E-state index contributed by atoms with van der Waals surface area (Å²) in [5.41, 5.74) is -0.498. The van der Waals surface area contributed by atoms with Gasteiger partial charge in [0.05, 0.1) is 4.32 Å². The van der Waals surface area contributed by atoms with Gasteiger partial charge in [-0.15, -0.1) is 0 Å². The highest BCUT2D eigenvalue weighted by Gasteiger charge is 2.36. The fourth-order valence-electron chi connectivity index (χ4n) is 2.11. The summed E-state index contributed by atoms with van der Waals surface area (Å²) in [6.45, 7) is 12.7. The van der Waals surface area contributed by atoms with E-state index in [0.29, 0.717) is 19.6 Å². The molecule has 0 aromatic rings. The Kier molecular flexibility index (Phi) is 5.11. The van der Waals surface area contributed by atoms with E-state index in [4.69, 9.17) is 4.74 Å². The van der Waals surface area contributed by atoms with Crippen LogP contribution in [-0.2, 0) is 9.53 Å². The Morgan fingerprint density at radius 3 is 2.10 bits per heavy atom. The van der Waals surface area contributed by atoms with Crippen LogP contribution in [-0.4, -0.2) is 57.4 Å². The van der Waals surface area contributed by atoms with Crippen molar-refractivity contribution in [2.45, 2.75) is 57.5 Å². The van der Waals surface area contributed by atoms with Gasteiger partial charge in [0, 0.05) is 25.7 Å². The molecule has 2 amide bonds. The molecule has 0 spiro atoms. The van der Waals surface area contributed by atoms with E-state index < -0.39 is 9.93 Å². The number of alkyl halides is 1. The molecule has 0 bridgehead atoms. The zero-order chi connectivity index (χ0) is 15.7. The number of amides is 2. The average Bonchev–Trinajstić information content (AvgIpc) is 2.23. The van der Waals surface area contributed by atoms with Crippen LogP contribution in [0.25, 0.3) is 0 Å². The predicted octanol–water partition coefficient (Wildman–Crippen LogP) is 2.63. The van der Waals surface area contributed by atoms with Crippen molar-refractivity contribution in [2.75, 3.05) is 19.6 Å².